The van der Waals surface area contributed by atoms with Crippen LogP contribution in [-0.4, -0.2) is 29.4 Å². The van der Waals surface area contributed by atoms with Gasteiger partial charge in [-0.1, -0.05) is 25.8 Å². The average Bonchev–Trinajstić information content (AvgIpc) is 2.13. The van der Waals surface area contributed by atoms with Gasteiger partial charge in [0.05, 0.1) is 0 Å². The standard InChI is InChI=1S/C9H22N2OSi/c1-2-3-4-6-10-9(12)11-7-5-8-13/h2-8H2,1,13H3,(H2,10,11,12). The molecule has 4 heteroatoms. The normalized spacial score (nSPS) is 9.92. The van der Waals surface area contributed by atoms with Crippen molar-refractivity contribution in [2.24, 2.45) is 0 Å². The van der Waals surface area contributed by atoms with Crippen LogP contribution in [0.3, 0.4) is 0 Å². The highest BCUT2D eigenvalue weighted by atomic mass is 28.1. The van der Waals surface area contributed by atoms with Crippen LogP contribution in [0.1, 0.15) is 32.6 Å². The lowest BCUT2D eigenvalue weighted by Gasteiger charge is -2.05. The number of carbonyl (C=O) groups is 1. The van der Waals surface area contributed by atoms with Crippen molar-refractivity contribution in [1.82, 2.24) is 10.6 Å². The molecule has 0 saturated carbocycles. The fourth-order valence-electron chi connectivity index (χ4n) is 1.02. The van der Waals surface area contributed by atoms with Gasteiger partial charge in [-0.05, 0) is 12.8 Å². The maximum absolute atomic E-state index is 11.1. The predicted molar refractivity (Wildman–Crippen MR) is 60.3 cm³/mol. The van der Waals surface area contributed by atoms with Gasteiger partial charge in [0.1, 0.15) is 0 Å². The number of nitrogens with one attached hydrogen (secondary N) is 2. The Morgan fingerprint density at radius 1 is 1.15 bits per heavy atom. The molecule has 0 saturated heterocycles. The van der Waals surface area contributed by atoms with E-state index in [1.165, 1.54) is 29.1 Å². The SMILES string of the molecule is CCCCCNC(=O)NCCC[SiH3]. The molecule has 0 aromatic carbocycles. The summed E-state index contributed by atoms with van der Waals surface area (Å²) in [6.45, 7) is 3.79. The molecule has 0 aliphatic heterocycles. The molecule has 0 fully saturated rings. The van der Waals surface area contributed by atoms with Crippen molar-refractivity contribution >= 4 is 16.3 Å². The number of carbonyl (C=O) groups excluding carboxylic acids is 1. The topological polar surface area (TPSA) is 41.1 Å². The second kappa shape index (κ2) is 9.57. The van der Waals surface area contributed by atoms with Gasteiger partial charge >= 0.3 is 6.03 Å². The number of rotatable bonds is 7. The number of amides is 2. The molecule has 0 aliphatic carbocycles. The van der Waals surface area contributed by atoms with Crippen molar-refractivity contribution in [3.8, 4) is 0 Å². The molecule has 2 N–H and O–H groups in total. The summed E-state index contributed by atoms with van der Waals surface area (Å²) < 4.78 is 0. The zero-order valence-corrected chi connectivity index (χ0v) is 10.9. The first-order valence-corrected chi connectivity index (χ1v) is 6.74. The van der Waals surface area contributed by atoms with E-state index < -0.39 is 0 Å². The Hall–Kier alpha value is -0.513. The summed E-state index contributed by atoms with van der Waals surface area (Å²) in [5, 5.41) is 5.67. The lowest BCUT2D eigenvalue weighted by Crippen LogP contribution is -2.36. The molecule has 0 bridgehead atoms. The van der Waals surface area contributed by atoms with Gasteiger partial charge in [-0.25, -0.2) is 4.79 Å². The molecule has 0 aromatic rings. The minimum absolute atomic E-state index is 0.00813. The minimum atomic E-state index is -0.00813. The first-order chi connectivity index (χ1) is 6.31. The number of hydrogen-bond donors (Lipinski definition) is 2. The van der Waals surface area contributed by atoms with Crippen LogP contribution in [0.5, 0.6) is 0 Å². The number of unbranched alkanes of at least 4 members (excludes halogenated alkanes) is 2. The van der Waals surface area contributed by atoms with Crippen LogP contribution in [-0.2, 0) is 0 Å². The van der Waals surface area contributed by atoms with E-state index in [4.69, 9.17) is 0 Å². The second-order valence-electron chi connectivity index (χ2n) is 3.24. The van der Waals surface area contributed by atoms with Crippen molar-refractivity contribution < 1.29 is 4.79 Å². The van der Waals surface area contributed by atoms with Gasteiger partial charge < -0.3 is 10.6 Å². The highest BCUT2D eigenvalue weighted by Gasteiger charge is 1.96. The summed E-state index contributed by atoms with van der Waals surface area (Å²) >= 11 is 0. The molecule has 0 unspecified atom stereocenters. The highest BCUT2D eigenvalue weighted by molar-refractivity contribution is 6.08. The molecule has 0 heterocycles. The molecule has 0 spiro atoms. The fraction of sp³-hybridized carbons (Fsp3) is 0.889. The lowest BCUT2D eigenvalue weighted by molar-refractivity contribution is 0.240. The minimum Gasteiger partial charge on any atom is -0.338 e. The number of urea groups is 1. The van der Waals surface area contributed by atoms with Crippen LogP contribution in [0.4, 0.5) is 4.79 Å². The van der Waals surface area contributed by atoms with E-state index in [1.807, 2.05) is 0 Å². The van der Waals surface area contributed by atoms with Crippen molar-refractivity contribution in [3.05, 3.63) is 0 Å². The highest BCUT2D eigenvalue weighted by Crippen LogP contribution is 1.90. The fourth-order valence-corrected chi connectivity index (χ4v) is 1.37. The molecule has 0 atom stereocenters. The Morgan fingerprint density at radius 3 is 2.31 bits per heavy atom. The first-order valence-electron chi connectivity index (χ1n) is 5.33. The zero-order chi connectivity index (χ0) is 9.94. The quantitative estimate of drug-likeness (QED) is 0.462. The van der Waals surface area contributed by atoms with Crippen LogP contribution in [0.2, 0.25) is 6.04 Å². The molecule has 0 aliphatic rings. The van der Waals surface area contributed by atoms with Crippen molar-refractivity contribution in [1.29, 1.82) is 0 Å². The Bertz CT molecular complexity index is 131. The van der Waals surface area contributed by atoms with Crippen molar-refractivity contribution in [3.63, 3.8) is 0 Å². The lowest BCUT2D eigenvalue weighted by atomic mass is 10.2. The summed E-state index contributed by atoms with van der Waals surface area (Å²) in [6.07, 6.45) is 4.60. The monoisotopic (exact) mass is 202 g/mol. The summed E-state index contributed by atoms with van der Waals surface area (Å²) in [7, 11) is 1.23. The molecule has 0 aromatic heterocycles. The van der Waals surface area contributed by atoms with Gasteiger partial charge in [0.2, 0.25) is 0 Å². The van der Waals surface area contributed by atoms with Crippen LogP contribution in [0.15, 0.2) is 0 Å². The zero-order valence-electron chi connectivity index (χ0n) is 8.86. The Kier molecular flexibility index (Phi) is 9.20. The van der Waals surface area contributed by atoms with E-state index in [0.717, 1.165) is 25.9 Å². The maximum atomic E-state index is 11.1. The summed E-state index contributed by atoms with van der Waals surface area (Å²) in [6, 6.07) is 1.25. The van der Waals surface area contributed by atoms with E-state index in [2.05, 4.69) is 17.6 Å². The first kappa shape index (κ1) is 12.5. The smallest absolute Gasteiger partial charge is 0.314 e. The van der Waals surface area contributed by atoms with Gasteiger partial charge in [0, 0.05) is 23.3 Å². The van der Waals surface area contributed by atoms with E-state index in [0.29, 0.717) is 0 Å². The third-order valence-corrected chi connectivity index (χ3v) is 2.59. The van der Waals surface area contributed by atoms with Gasteiger partial charge in [0.15, 0.2) is 0 Å². The molecule has 0 radical (unpaired) electrons. The molecular formula is C9H22N2OSi. The summed E-state index contributed by atoms with van der Waals surface area (Å²) in [5.41, 5.74) is 0. The van der Waals surface area contributed by atoms with Gasteiger partial charge in [-0.2, -0.15) is 0 Å². The van der Waals surface area contributed by atoms with Gasteiger partial charge in [-0.3, -0.25) is 0 Å². The van der Waals surface area contributed by atoms with E-state index >= 15 is 0 Å². The predicted octanol–water partition coefficient (Wildman–Crippen LogP) is 0.650. The van der Waals surface area contributed by atoms with Crippen LogP contribution < -0.4 is 10.6 Å². The third-order valence-electron chi connectivity index (χ3n) is 1.88. The van der Waals surface area contributed by atoms with Crippen molar-refractivity contribution in [2.45, 2.75) is 38.7 Å². The molecule has 13 heavy (non-hydrogen) atoms. The van der Waals surface area contributed by atoms with Crippen molar-refractivity contribution in [2.75, 3.05) is 13.1 Å². The largest absolute Gasteiger partial charge is 0.338 e. The molecular weight excluding hydrogens is 180 g/mol. The molecule has 0 rings (SSSR count). The average molecular weight is 202 g/mol. The van der Waals surface area contributed by atoms with E-state index in [9.17, 15) is 4.79 Å². The van der Waals surface area contributed by atoms with Gasteiger partial charge in [0.25, 0.3) is 0 Å². The Balaban J connectivity index is 3.11. The molecule has 78 valence electrons. The number of hydrogen-bond acceptors (Lipinski definition) is 1. The van der Waals surface area contributed by atoms with Crippen LogP contribution in [0.25, 0.3) is 0 Å². The van der Waals surface area contributed by atoms with E-state index in [1.54, 1.807) is 0 Å². The summed E-state index contributed by atoms with van der Waals surface area (Å²) in [5.74, 6) is 0. The Morgan fingerprint density at radius 2 is 1.77 bits per heavy atom. The van der Waals surface area contributed by atoms with Crippen LogP contribution in [0, 0.1) is 0 Å². The Labute approximate surface area is 84.1 Å². The molecule has 2 amide bonds. The maximum Gasteiger partial charge on any atom is 0.314 e. The molecule has 3 nitrogen and oxygen atoms in total. The van der Waals surface area contributed by atoms with E-state index in [-0.39, 0.29) is 6.03 Å². The summed E-state index contributed by atoms with van der Waals surface area (Å²) in [4.78, 5) is 11.1. The van der Waals surface area contributed by atoms with Gasteiger partial charge in [-0.15, -0.1) is 0 Å². The van der Waals surface area contributed by atoms with Crippen LogP contribution >= 0.6 is 0 Å². The second-order valence-corrected chi connectivity index (χ2v) is 4.24. The third kappa shape index (κ3) is 9.40.